The number of anilines is 1. The molecule has 1 saturated heterocycles. The molecule has 1 fully saturated rings. The van der Waals surface area contributed by atoms with E-state index in [2.05, 4.69) is 58.3 Å². The summed E-state index contributed by atoms with van der Waals surface area (Å²) in [5.74, 6) is -4.89. The smallest absolute Gasteiger partial charge is 0.295 e. The first kappa shape index (κ1) is 70.5. The zero-order valence-corrected chi connectivity index (χ0v) is 53.1. The molecule has 1 aromatic heterocycles. The maximum atomic E-state index is 14.6. The second-order valence-electron chi connectivity index (χ2n) is 23.9. The molecule has 5 aromatic rings. The summed E-state index contributed by atoms with van der Waals surface area (Å²) in [5.41, 5.74) is 9.52. The molecular weight excluding hydrogens is 1190 g/mol. The fraction of sp³-hybridized carbons (Fsp3) is 0.400. The van der Waals surface area contributed by atoms with Crippen molar-refractivity contribution in [3.63, 3.8) is 0 Å². The van der Waals surface area contributed by atoms with Crippen LogP contribution in [0.4, 0.5) is 5.82 Å². The number of rotatable bonds is 29. The van der Waals surface area contributed by atoms with Gasteiger partial charge in [-0.1, -0.05) is 100 Å². The SMILES string of the molecule is CC(=O)N1CCC[C@H]1C(=O)N[C@@H](CC(C)C)C(=O)NCC(=O)N[C@@H](CCc1ccccc1)C(=O)N[C@@H](Cc1ccc(OC(C)(C)C)cc1)C(=O)N[C@@H](CC(C)C)C(=O)NNC(=O)c1ccc(CNC(=O)c2ccc(NN=Cc3ccccc3S(=O)(=O)O)nc2)cc1. The van der Waals surface area contributed by atoms with Crippen molar-refractivity contribution in [2.24, 2.45) is 16.9 Å². The minimum atomic E-state index is -4.48. The predicted octanol–water partition coefficient (Wildman–Crippen LogP) is 4.68. The zero-order valence-electron chi connectivity index (χ0n) is 52.3. The van der Waals surface area contributed by atoms with Crippen LogP contribution in [0.5, 0.6) is 5.75 Å². The number of amides is 9. The third-order valence-corrected chi connectivity index (χ3v) is 15.2. The van der Waals surface area contributed by atoms with E-state index < -0.39 is 99.7 Å². The van der Waals surface area contributed by atoms with Crippen LogP contribution in [0.2, 0.25) is 0 Å². The van der Waals surface area contributed by atoms with E-state index >= 15 is 0 Å². The molecule has 0 radical (unpaired) electrons. The van der Waals surface area contributed by atoms with Gasteiger partial charge in [0.1, 0.15) is 52.3 Å². The first-order chi connectivity index (χ1) is 43.1. The Kier molecular flexibility index (Phi) is 25.8. The minimum Gasteiger partial charge on any atom is -0.488 e. The molecule has 10 N–H and O–H groups in total. The van der Waals surface area contributed by atoms with Crippen molar-refractivity contribution in [1.82, 2.24) is 52.6 Å². The van der Waals surface area contributed by atoms with Crippen LogP contribution in [0.3, 0.4) is 0 Å². The van der Waals surface area contributed by atoms with Crippen LogP contribution in [0.15, 0.2) is 131 Å². The van der Waals surface area contributed by atoms with E-state index in [4.69, 9.17) is 4.74 Å². The van der Waals surface area contributed by atoms with E-state index in [0.29, 0.717) is 42.7 Å². The number of ether oxygens (including phenoxy) is 1. The van der Waals surface area contributed by atoms with Crippen molar-refractivity contribution in [2.75, 3.05) is 18.5 Å². The van der Waals surface area contributed by atoms with E-state index in [1.165, 1.54) is 66.7 Å². The molecule has 1 aliphatic rings. The number of nitrogens with zero attached hydrogens (tertiary/aromatic N) is 3. The summed E-state index contributed by atoms with van der Waals surface area (Å²) in [6.45, 7) is 14.4. The molecule has 5 atom stereocenters. The van der Waals surface area contributed by atoms with Crippen molar-refractivity contribution >= 4 is 75.3 Å². The van der Waals surface area contributed by atoms with Gasteiger partial charge in [-0.15, -0.1) is 0 Å². The maximum Gasteiger partial charge on any atom is 0.295 e. The van der Waals surface area contributed by atoms with Crippen LogP contribution in [-0.4, -0.2) is 131 Å². The van der Waals surface area contributed by atoms with Crippen molar-refractivity contribution in [3.8, 4) is 5.75 Å². The van der Waals surface area contributed by atoms with Crippen LogP contribution in [-0.2, 0) is 63.1 Å². The number of nitrogens with one attached hydrogen (secondary N) is 9. The van der Waals surface area contributed by atoms with Gasteiger partial charge >= 0.3 is 0 Å². The molecular formula is C65H82N12O13S. The Labute approximate surface area is 530 Å². The molecule has 486 valence electrons. The Balaban J connectivity index is 1.09. The summed E-state index contributed by atoms with van der Waals surface area (Å²) in [4.78, 5) is 128. The highest BCUT2D eigenvalue weighted by molar-refractivity contribution is 7.86. The van der Waals surface area contributed by atoms with Crippen molar-refractivity contribution < 1.29 is 60.9 Å². The van der Waals surface area contributed by atoms with Crippen molar-refractivity contribution in [1.29, 1.82) is 0 Å². The van der Waals surface area contributed by atoms with Gasteiger partial charge in [-0.25, -0.2) is 4.98 Å². The van der Waals surface area contributed by atoms with Crippen LogP contribution in [0.1, 0.15) is 130 Å². The molecule has 6 rings (SSSR count). The molecule has 26 heteroatoms. The summed E-state index contributed by atoms with van der Waals surface area (Å²) in [7, 11) is -4.48. The number of aromatic nitrogens is 1. The molecule has 0 aliphatic carbocycles. The maximum absolute atomic E-state index is 14.6. The Hall–Kier alpha value is -9.56. The van der Waals surface area contributed by atoms with Crippen molar-refractivity contribution in [2.45, 2.75) is 148 Å². The number of hydrazine groups is 1. The number of hydrogen-bond acceptors (Lipinski definition) is 15. The van der Waals surface area contributed by atoms with Gasteiger partial charge in [-0.05, 0) is 130 Å². The van der Waals surface area contributed by atoms with Crippen LogP contribution in [0, 0.1) is 11.8 Å². The van der Waals surface area contributed by atoms with Crippen LogP contribution in [0.25, 0.3) is 0 Å². The third-order valence-electron chi connectivity index (χ3n) is 14.3. The average molecular weight is 1270 g/mol. The molecule has 2 heterocycles. The number of likely N-dealkylation sites (tertiary alicyclic amines) is 1. The van der Waals surface area contributed by atoms with E-state index in [-0.39, 0.29) is 77.4 Å². The highest BCUT2D eigenvalue weighted by Gasteiger charge is 2.36. The summed E-state index contributed by atoms with van der Waals surface area (Å²) in [5, 5.41) is 20.5. The lowest BCUT2D eigenvalue weighted by Gasteiger charge is -2.27. The quantitative estimate of drug-likeness (QED) is 0.0177. The van der Waals surface area contributed by atoms with Gasteiger partial charge in [0.2, 0.25) is 35.4 Å². The summed E-state index contributed by atoms with van der Waals surface area (Å²) >= 11 is 0. The van der Waals surface area contributed by atoms with Crippen LogP contribution < -0.4 is 52.9 Å². The fourth-order valence-corrected chi connectivity index (χ4v) is 10.5. The van der Waals surface area contributed by atoms with Gasteiger partial charge in [0, 0.05) is 43.8 Å². The highest BCUT2D eigenvalue weighted by atomic mass is 32.2. The van der Waals surface area contributed by atoms with E-state index in [1.54, 1.807) is 42.5 Å². The molecule has 25 nitrogen and oxygen atoms in total. The first-order valence-electron chi connectivity index (χ1n) is 30.0. The standard InChI is InChI=1S/C65H82N12O13S/c1-40(2)33-51(73-64(86)54-18-14-32-77(54)42(5)78)60(82)68-39-57(79)70-50(30-24-43-15-10-9-11-16-43)61(83)72-53(35-44-22-28-49(29-23-44)90-65(6,7)8)62(84)71-52(34-41(3)4)63(85)76-75-59(81)46-25-20-45(21-26-46)36-67-58(80)48-27-31-56(66-37-48)74-69-38-47-17-12-13-19-55(47)91(87,88)89/h9-13,15-17,19-23,25-29,31,37-38,40-41,50-54H,14,18,24,30,32-36,39H2,1-8H3,(H,66,74)(H,67,80)(H,68,82)(H,70,79)(H,71,84)(H,72,83)(H,73,86)(H,75,81)(H,76,85)(H,87,88,89)/t50-,51-,52-,53-,54-/m0/s1. The molecule has 0 unspecified atom stereocenters. The lowest BCUT2D eigenvalue weighted by Crippen LogP contribution is -2.59. The molecule has 4 aromatic carbocycles. The largest absolute Gasteiger partial charge is 0.488 e. The van der Waals surface area contributed by atoms with Crippen molar-refractivity contribution in [3.05, 3.63) is 155 Å². The fourth-order valence-electron chi connectivity index (χ4n) is 9.81. The van der Waals surface area contributed by atoms with E-state index in [9.17, 15) is 56.1 Å². The average Bonchev–Trinajstić information content (AvgIpc) is 2.37. The van der Waals surface area contributed by atoms with Gasteiger partial charge in [0.05, 0.1) is 18.3 Å². The molecule has 91 heavy (non-hydrogen) atoms. The lowest BCUT2D eigenvalue weighted by molar-refractivity contribution is -0.138. The first-order valence-corrected chi connectivity index (χ1v) is 31.4. The second-order valence-corrected chi connectivity index (χ2v) is 25.3. The Morgan fingerprint density at radius 2 is 1.29 bits per heavy atom. The molecule has 1 aliphatic heterocycles. The second kappa shape index (κ2) is 33.3. The molecule has 0 spiro atoms. The number of aryl methyl sites for hydroxylation is 1. The Bertz CT molecular complexity index is 3490. The van der Waals surface area contributed by atoms with E-state index in [1.807, 2.05) is 78.8 Å². The number of hydrogen-bond donors (Lipinski definition) is 10. The van der Waals surface area contributed by atoms with Gasteiger partial charge < -0.3 is 41.5 Å². The molecule has 0 saturated carbocycles. The number of carbonyl (C=O) groups is 9. The monoisotopic (exact) mass is 1270 g/mol. The van der Waals surface area contributed by atoms with Gasteiger partial charge in [-0.2, -0.15) is 13.5 Å². The summed E-state index contributed by atoms with van der Waals surface area (Å²) < 4.78 is 38.8. The number of pyridine rings is 1. The predicted molar refractivity (Wildman–Crippen MR) is 340 cm³/mol. The third kappa shape index (κ3) is 23.1. The minimum absolute atomic E-state index is 0.0382. The zero-order chi connectivity index (χ0) is 66.4. The number of hydrazone groups is 1. The van der Waals surface area contributed by atoms with E-state index in [0.717, 1.165) is 5.56 Å². The lowest BCUT2D eigenvalue weighted by atomic mass is 10.00. The van der Waals surface area contributed by atoms with Gasteiger partial charge in [-0.3, -0.25) is 64.0 Å². The number of carbonyl (C=O) groups excluding carboxylic acids is 9. The van der Waals surface area contributed by atoms with Gasteiger partial charge in [0.25, 0.3) is 27.8 Å². The highest BCUT2D eigenvalue weighted by Crippen LogP contribution is 2.22. The van der Waals surface area contributed by atoms with Gasteiger partial charge in [0.15, 0.2) is 0 Å². The Morgan fingerprint density at radius 3 is 1.91 bits per heavy atom. The summed E-state index contributed by atoms with van der Waals surface area (Å²) in [6, 6.07) is 25.5. The normalized spacial score (nSPS) is 14.5. The Morgan fingerprint density at radius 1 is 0.670 bits per heavy atom. The molecule has 9 amide bonds. The molecule has 0 bridgehead atoms. The number of benzene rings is 4. The summed E-state index contributed by atoms with van der Waals surface area (Å²) in [6.07, 6.45) is 4.24. The van der Waals surface area contributed by atoms with Crippen LogP contribution >= 0.6 is 0 Å². The topological polar surface area (TPSA) is 354 Å².